The largest absolute Gasteiger partial charge is 0.493 e. The summed E-state index contributed by atoms with van der Waals surface area (Å²) in [6.07, 6.45) is 0.285. The number of halogens is 1. The van der Waals surface area contributed by atoms with Crippen molar-refractivity contribution >= 4 is 44.2 Å². The molecule has 0 bridgehead atoms. The van der Waals surface area contributed by atoms with E-state index in [9.17, 15) is 4.79 Å². The summed E-state index contributed by atoms with van der Waals surface area (Å²) < 4.78 is 12.2. The summed E-state index contributed by atoms with van der Waals surface area (Å²) in [6, 6.07) is 13.4. The number of hydrogen-bond donors (Lipinski definition) is 0. The van der Waals surface area contributed by atoms with E-state index in [4.69, 9.17) is 26.1 Å². The average molecular weight is 460 g/mol. The summed E-state index contributed by atoms with van der Waals surface area (Å²) in [5.41, 5.74) is 1.80. The lowest BCUT2D eigenvalue weighted by Gasteiger charge is -2.29. The molecular formula is C23H26ClN3O3S. The first-order valence-corrected chi connectivity index (χ1v) is 11.7. The first kappa shape index (κ1) is 22.0. The lowest BCUT2D eigenvalue weighted by Crippen LogP contribution is -2.43. The highest BCUT2D eigenvalue weighted by atomic mass is 35.5. The van der Waals surface area contributed by atoms with E-state index in [1.54, 1.807) is 4.90 Å². The van der Waals surface area contributed by atoms with Crippen LogP contribution in [-0.2, 0) is 9.53 Å². The Balaban J connectivity index is 1.49. The molecule has 1 saturated heterocycles. The number of thiazole rings is 1. The van der Waals surface area contributed by atoms with Crippen molar-refractivity contribution in [2.75, 3.05) is 50.9 Å². The van der Waals surface area contributed by atoms with Gasteiger partial charge in [0.05, 0.1) is 36.5 Å². The van der Waals surface area contributed by atoms with Gasteiger partial charge in [-0.15, -0.1) is 0 Å². The smallest absolute Gasteiger partial charge is 0.232 e. The van der Waals surface area contributed by atoms with Gasteiger partial charge in [-0.25, -0.2) is 4.98 Å². The van der Waals surface area contributed by atoms with Gasteiger partial charge in [0.25, 0.3) is 0 Å². The van der Waals surface area contributed by atoms with Gasteiger partial charge in [-0.1, -0.05) is 41.1 Å². The number of rotatable bonds is 8. The Morgan fingerprint density at radius 2 is 2.00 bits per heavy atom. The second-order valence-corrected chi connectivity index (χ2v) is 8.84. The molecule has 0 N–H and O–H groups in total. The summed E-state index contributed by atoms with van der Waals surface area (Å²) >= 11 is 7.80. The minimum absolute atomic E-state index is 0.00648. The Morgan fingerprint density at radius 3 is 2.77 bits per heavy atom. The van der Waals surface area contributed by atoms with Crippen molar-refractivity contribution in [3.63, 3.8) is 0 Å². The van der Waals surface area contributed by atoms with Crippen LogP contribution in [0.2, 0.25) is 5.02 Å². The molecule has 1 fully saturated rings. The fourth-order valence-electron chi connectivity index (χ4n) is 3.51. The average Bonchev–Trinajstić information content (AvgIpc) is 3.23. The highest BCUT2D eigenvalue weighted by Gasteiger charge is 2.22. The Morgan fingerprint density at radius 1 is 1.23 bits per heavy atom. The maximum atomic E-state index is 13.2. The van der Waals surface area contributed by atoms with Crippen molar-refractivity contribution in [1.29, 1.82) is 0 Å². The normalized spacial score (nSPS) is 14.6. The van der Waals surface area contributed by atoms with Crippen LogP contribution in [0.15, 0.2) is 42.5 Å². The molecule has 0 atom stereocenters. The highest BCUT2D eigenvalue weighted by molar-refractivity contribution is 7.22. The zero-order valence-electron chi connectivity index (χ0n) is 17.6. The van der Waals surface area contributed by atoms with Crippen LogP contribution in [0.5, 0.6) is 5.75 Å². The molecule has 0 saturated carbocycles. The second-order valence-electron chi connectivity index (χ2n) is 7.43. The summed E-state index contributed by atoms with van der Waals surface area (Å²) in [4.78, 5) is 22.1. The summed E-state index contributed by atoms with van der Waals surface area (Å²) in [6.45, 7) is 6.88. The second kappa shape index (κ2) is 10.4. The molecule has 164 valence electrons. The Labute approximate surface area is 191 Å². The number of carbonyl (C=O) groups excluding carboxylic acids is 1. The molecule has 1 aliphatic rings. The Bertz CT molecular complexity index is 1020. The van der Waals surface area contributed by atoms with Crippen molar-refractivity contribution < 1.29 is 14.3 Å². The number of fused-ring (bicyclic) bond motifs is 1. The minimum atomic E-state index is 0.00648. The Kier molecular flexibility index (Phi) is 7.40. The van der Waals surface area contributed by atoms with E-state index < -0.39 is 0 Å². The molecule has 0 spiro atoms. The molecular weight excluding hydrogens is 434 g/mol. The van der Waals surface area contributed by atoms with Gasteiger partial charge in [-0.3, -0.25) is 14.6 Å². The molecule has 6 nitrogen and oxygen atoms in total. The molecule has 8 heteroatoms. The number of benzene rings is 2. The van der Waals surface area contributed by atoms with Gasteiger partial charge < -0.3 is 9.47 Å². The monoisotopic (exact) mass is 459 g/mol. The quantitative estimate of drug-likeness (QED) is 0.500. The number of ether oxygens (including phenoxy) is 2. The van der Waals surface area contributed by atoms with E-state index >= 15 is 0 Å². The van der Waals surface area contributed by atoms with Crippen LogP contribution in [0, 0.1) is 6.92 Å². The highest BCUT2D eigenvalue weighted by Crippen LogP contribution is 2.33. The lowest BCUT2D eigenvalue weighted by molar-refractivity contribution is -0.119. The van der Waals surface area contributed by atoms with Gasteiger partial charge >= 0.3 is 0 Å². The lowest BCUT2D eigenvalue weighted by atomic mass is 10.2. The number of para-hydroxylation sites is 1. The van der Waals surface area contributed by atoms with Crippen molar-refractivity contribution in [3.8, 4) is 5.75 Å². The SMILES string of the molecule is Cc1c(Cl)ccc2sc(N(CCN3CCOCC3)C(=O)CCOc3ccccc3)nc12. The van der Waals surface area contributed by atoms with Gasteiger partial charge in [-0.05, 0) is 36.8 Å². The molecule has 1 aromatic heterocycles. The number of carbonyl (C=O) groups is 1. The number of aryl methyl sites for hydroxylation is 1. The molecule has 1 aliphatic heterocycles. The molecule has 2 heterocycles. The van der Waals surface area contributed by atoms with Gasteiger partial charge in [0.15, 0.2) is 5.13 Å². The van der Waals surface area contributed by atoms with E-state index in [0.717, 1.165) is 54.4 Å². The van der Waals surface area contributed by atoms with Gasteiger partial charge in [0, 0.05) is 31.2 Å². The van der Waals surface area contributed by atoms with Crippen LogP contribution >= 0.6 is 22.9 Å². The van der Waals surface area contributed by atoms with E-state index in [0.29, 0.717) is 23.3 Å². The summed E-state index contributed by atoms with van der Waals surface area (Å²) in [5, 5.41) is 1.39. The fraction of sp³-hybridized carbons (Fsp3) is 0.391. The van der Waals surface area contributed by atoms with E-state index in [2.05, 4.69) is 4.90 Å². The number of morpholine rings is 1. The van der Waals surface area contributed by atoms with Crippen LogP contribution in [0.4, 0.5) is 5.13 Å². The number of hydrogen-bond acceptors (Lipinski definition) is 6. The molecule has 31 heavy (non-hydrogen) atoms. The van der Waals surface area contributed by atoms with Crippen LogP contribution in [-0.4, -0.2) is 61.8 Å². The van der Waals surface area contributed by atoms with Crippen molar-refractivity contribution in [3.05, 3.63) is 53.1 Å². The van der Waals surface area contributed by atoms with Crippen LogP contribution in [0.25, 0.3) is 10.2 Å². The van der Waals surface area contributed by atoms with E-state index in [1.807, 2.05) is 49.4 Å². The first-order chi connectivity index (χ1) is 15.1. The molecule has 0 aliphatic carbocycles. The minimum Gasteiger partial charge on any atom is -0.493 e. The summed E-state index contributed by atoms with van der Waals surface area (Å²) in [7, 11) is 0. The van der Waals surface area contributed by atoms with Gasteiger partial charge in [0.1, 0.15) is 5.75 Å². The third-order valence-corrected chi connectivity index (χ3v) is 6.79. The number of amides is 1. The zero-order chi connectivity index (χ0) is 21.6. The van der Waals surface area contributed by atoms with Crippen LogP contribution in [0.3, 0.4) is 0 Å². The number of nitrogens with zero attached hydrogens (tertiary/aromatic N) is 3. The van der Waals surface area contributed by atoms with Crippen molar-refractivity contribution in [2.45, 2.75) is 13.3 Å². The third kappa shape index (κ3) is 5.54. The van der Waals surface area contributed by atoms with Gasteiger partial charge in [0.2, 0.25) is 5.91 Å². The molecule has 3 aromatic rings. The standard InChI is InChI=1S/C23H26ClN3O3S/c1-17-19(24)7-8-20-22(17)25-23(31-20)27(11-10-26-12-15-29-16-13-26)21(28)9-14-30-18-5-3-2-4-6-18/h2-8H,9-16H2,1H3. The summed E-state index contributed by atoms with van der Waals surface area (Å²) in [5.74, 6) is 0.771. The fourth-order valence-corrected chi connectivity index (χ4v) is 4.73. The first-order valence-electron chi connectivity index (χ1n) is 10.5. The van der Waals surface area contributed by atoms with E-state index in [1.165, 1.54) is 11.3 Å². The molecule has 4 rings (SSSR count). The topological polar surface area (TPSA) is 54.9 Å². The predicted molar refractivity (Wildman–Crippen MR) is 126 cm³/mol. The molecule has 0 radical (unpaired) electrons. The molecule has 1 amide bonds. The molecule has 0 unspecified atom stereocenters. The van der Waals surface area contributed by atoms with Gasteiger partial charge in [-0.2, -0.15) is 0 Å². The van der Waals surface area contributed by atoms with Crippen molar-refractivity contribution in [2.24, 2.45) is 0 Å². The van der Waals surface area contributed by atoms with Crippen LogP contribution in [0.1, 0.15) is 12.0 Å². The maximum Gasteiger partial charge on any atom is 0.232 e. The number of anilines is 1. The molecule has 2 aromatic carbocycles. The predicted octanol–water partition coefficient (Wildman–Crippen LogP) is 4.39. The Hall–Kier alpha value is -2.19. The third-order valence-electron chi connectivity index (χ3n) is 5.34. The van der Waals surface area contributed by atoms with Crippen LogP contribution < -0.4 is 9.64 Å². The zero-order valence-corrected chi connectivity index (χ0v) is 19.1. The maximum absolute atomic E-state index is 13.2. The van der Waals surface area contributed by atoms with Crippen molar-refractivity contribution in [1.82, 2.24) is 9.88 Å². The number of aromatic nitrogens is 1. The van der Waals surface area contributed by atoms with E-state index in [-0.39, 0.29) is 12.3 Å².